The third-order valence-corrected chi connectivity index (χ3v) is 6.47. The molecule has 1 aliphatic rings. The van der Waals surface area contributed by atoms with Crippen LogP contribution in [-0.4, -0.2) is 36.9 Å². The molecule has 6 nitrogen and oxygen atoms in total. The number of anilines is 1. The lowest BCUT2D eigenvalue weighted by molar-refractivity contribution is -0.153. The largest absolute Gasteiger partial charge is 0.496 e. The molecule has 0 bridgehead atoms. The van der Waals surface area contributed by atoms with Gasteiger partial charge in [0.25, 0.3) is 5.91 Å². The van der Waals surface area contributed by atoms with Crippen LogP contribution in [-0.2, 0) is 17.4 Å². The molecule has 1 N–H and O–H groups in total. The fraction of sp³-hybridized carbons (Fsp3) is 0.333. The monoisotopic (exact) mass is 500 g/mol. The molecule has 2 aromatic carbocycles. The van der Waals surface area contributed by atoms with Crippen molar-refractivity contribution in [2.24, 2.45) is 0 Å². The first kappa shape index (κ1) is 25.3. The molecular formula is C27H27F3N2O4. The van der Waals surface area contributed by atoms with Crippen LogP contribution in [0.25, 0.3) is 0 Å². The van der Waals surface area contributed by atoms with E-state index in [1.165, 1.54) is 0 Å². The maximum Gasteiger partial charge on any atom is 0.450 e. The van der Waals surface area contributed by atoms with E-state index in [-0.39, 0.29) is 11.8 Å². The van der Waals surface area contributed by atoms with Crippen LogP contribution >= 0.6 is 0 Å². The van der Waals surface area contributed by atoms with Crippen molar-refractivity contribution in [1.29, 1.82) is 0 Å². The highest BCUT2D eigenvalue weighted by molar-refractivity contribution is 6.05. The molecule has 1 fully saturated rings. The van der Waals surface area contributed by atoms with Crippen molar-refractivity contribution in [2.45, 2.75) is 38.3 Å². The average molecular weight is 501 g/mol. The SMILES string of the molecule is COc1ccc(CC(=O)N2CCC(c3ccc(NC(=O)c4ccoc4C(F)(F)F)cc3)CC2)cc1C. The number of hydrogen-bond donors (Lipinski definition) is 1. The second kappa shape index (κ2) is 10.5. The van der Waals surface area contributed by atoms with Gasteiger partial charge in [0.2, 0.25) is 11.7 Å². The zero-order chi connectivity index (χ0) is 25.9. The first-order valence-electron chi connectivity index (χ1n) is 11.6. The van der Waals surface area contributed by atoms with Crippen molar-refractivity contribution in [3.8, 4) is 5.75 Å². The van der Waals surface area contributed by atoms with Crippen molar-refractivity contribution >= 4 is 17.5 Å². The highest BCUT2D eigenvalue weighted by Gasteiger charge is 2.39. The number of rotatable bonds is 6. The molecule has 0 aliphatic carbocycles. The molecule has 3 aromatic rings. The molecule has 1 aliphatic heterocycles. The van der Waals surface area contributed by atoms with Gasteiger partial charge in [-0.3, -0.25) is 9.59 Å². The Kier molecular flexibility index (Phi) is 7.37. The summed E-state index contributed by atoms with van der Waals surface area (Å²) in [5, 5.41) is 2.48. The summed E-state index contributed by atoms with van der Waals surface area (Å²) in [6.07, 6.45) is -1.94. The first-order valence-corrected chi connectivity index (χ1v) is 11.6. The van der Waals surface area contributed by atoms with E-state index in [9.17, 15) is 22.8 Å². The second-order valence-electron chi connectivity index (χ2n) is 8.87. The fourth-order valence-electron chi connectivity index (χ4n) is 4.54. The molecule has 0 unspecified atom stereocenters. The number of benzene rings is 2. The van der Waals surface area contributed by atoms with Gasteiger partial charge in [0.15, 0.2) is 0 Å². The van der Waals surface area contributed by atoms with E-state index in [1.807, 2.05) is 42.2 Å². The van der Waals surface area contributed by atoms with E-state index < -0.39 is 23.4 Å². The van der Waals surface area contributed by atoms with Crippen LogP contribution in [0, 0.1) is 6.92 Å². The third-order valence-electron chi connectivity index (χ3n) is 6.47. The molecule has 0 saturated carbocycles. The van der Waals surface area contributed by atoms with Crippen molar-refractivity contribution in [1.82, 2.24) is 4.90 Å². The van der Waals surface area contributed by atoms with E-state index in [0.29, 0.717) is 25.2 Å². The van der Waals surface area contributed by atoms with Crippen molar-refractivity contribution in [3.63, 3.8) is 0 Å². The van der Waals surface area contributed by atoms with E-state index in [1.54, 1.807) is 19.2 Å². The van der Waals surface area contributed by atoms with E-state index >= 15 is 0 Å². The number of nitrogens with one attached hydrogen (secondary N) is 1. The van der Waals surface area contributed by atoms with Crippen LogP contribution in [0.15, 0.2) is 59.2 Å². The van der Waals surface area contributed by atoms with E-state index in [0.717, 1.165) is 47.6 Å². The van der Waals surface area contributed by atoms with Gasteiger partial charge in [0.1, 0.15) is 5.75 Å². The number of likely N-dealkylation sites (tertiary alicyclic amines) is 1. The van der Waals surface area contributed by atoms with Crippen LogP contribution < -0.4 is 10.1 Å². The van der Waals surface area contributed by atoms with Gasteiger partial charge in [-0.25, -0.2) is 0 Å². The minimum Gasteiger partial charge on any atom is -0.496 e. The smallest absolute Gasteiger partial charge is 0.450 e. The van der Waals surface area contributed by atoms with Crippen LogP contribution in [0.2, 0.25) is 0 Å². The summed E-state index contributed by atoms with van der Waals surface area (Å²) in [5.74, 6) is -1.06. The van der Waals surface area contributed by atoms with Crippen molar-refractivity contribution in [2.75, 3.05) is 25.5 Å². The minimum atomic E-state index is -4.75. The number of amides is 2. The summed E-state index contributed by atoms with van der Waals surface area (Å²) in [4.78, 5) is 27.0. The minimum absolute atomic E-state index is 0.0912. The summed E-state index contributed by atoms with van der Waals surface area (Å²) in [6, 6.07) is 13.8. The van der Waals surface area contributed by atoms with Gasteiger partial charge in [-0.2, -0.15) is 13.2 Å². The number of alkyl halides is 3. The Balaban J connectivity index is 1.30. The number of carbonyl (C=O) groups is 2. The number of nitrogens with zero attached hydrogens (tertiary/aromatic N) is 1. The Morgan fingerprint density at radius 1 is 1.08 bits per heavy atom. The highest BCUT2D eigenvalue weighted by atomic mass is 19.4. The number of carbonyl (C=O) groups excluding carboxylic acids is 2. The number of piperidine rings is 1. The van der Waals surface area contributed by atoms with Crippen molar-refractivity contribution < 1.29 is 31.9 Å². The normalized spacial score (nSPS) is 14.5. The highest BCUT2D eigenvalue weighted by Crippen LogP contribution is 2.33. The average Bonchev–Trinajstić information content (AvgIpc) is 3.36. The van der Waals surface area contributed by atoms with Crippen LogP contribution in [0.1, 0.15) is 51.6 Å². The van der Waals surface area contributed by atoms with Gasteiger partial charge in [-0.1, -0.05) is 24.3 Å². The zero-order valence-corrected chi connectivity index (χ0v) is 20.0. The van der Waals surface area contributed by atoms with Gasteiger partial charge >= 0.3 is 6.18 Å². The van der Waals surface area contributed by atoms with Gasteiger partial charge in [-0.05, 0) is 66.6 Å². The Morgan fingerprint density at radius 3 is 2.39 bits per heavy atom. The predicted molar refractivity (Wildman–Crippen MR) is 128 cm³/mol. The van der Waals surface area contributed by atoms with E-state index in [2.05, 4.69) is 9.73 Å². The summed E-state index contributed by atoms with van der Waals surface area (Å²) in [5.41, 5.74) is 2.83. The Bertz CT molecular complexity index is 1230. The fourth-order valence-corrected chi connectivity index (χ4v) is 4.54. The third kappa shape index (κ3) is 5.72. The number of aryl methyl sites for hydroxylation is 1. The molecule has 1 aromatic heterocycles. The molecule has 1 saturated heterocycles. The Hall–Kier alpha value is -3.75. The number of methoxy groups -OCH3 is 1. The number of ether oxygens (including phenoxy) is 1. The first-order chi connectivity index (χ1) is 17.2. The number of furan rings is 1. The molecular weight excluding hydrogens is 473 g/mol. The molecule has 0 atom stereocenters. The Labute approximate surface area is 207 Å². The van der Waals surface area contributed by atoms with Gasteiger partial charge in [-0.15, -0.1) is 0 Å². The van der Waals surface area contributed by atoms with E-state index in [4.69, 9.17) is 4.74 Å². The molecule has 0 radical (unpaired) electrons. The topological polar surface area (TPSA) is 71.8 Å². The van der Waals surface area contributed by atoms with Gasteiger partial charge in [0.05, 0.1) is 25.4 Å². The second-order valence-corrected chi connectivity index (χ2v) is 8.87. The molecule has 9 heteroatoms. The zero-order valence-electron chi connectivity index (χ0n) is 20.0. The molecule has 190 valence electrons. The summed E-state index contributed by atoms with van der Waals surface area (Å²) < 4.78 is 48.6. The van der Waals surface area contributed by atoms with Crippen molar-refractivity contribution in [3.05, 3.63) is 82.8 Å². The van der Waals surface area contributed by atoms with Crippen LogP contribution in [0.4, 0.5) is 18.9 Å². The number of halogens is 3. The maximum atomic E-state index is 13.0. The standard InChI is InChI=1S/C27H27F3N2O4/c1-17-15-18(3-8-23(17)35-2)16-24(33)32-12-9-20(10-13-32)19-4-6-21(7-5-19)31-26(34)22-11-14-36-25(22)27(28,29)30/h3-8,11,14-15,20H,9-10,12-13,16H2,1-2H3,(H,31,34). The van der Waals surface area contributed by atoms with Gasteiger partial charge < -0.3 is 19.4 Å². The van der Waals surface area contributed by atoms with Crippen LogP contribution in [0.5, 0.6) is 5.75 Å². The quantitative estimate of drug-likeness (QED) is 0.463. The summed E-state index contributed by atoms with van der Waals surface area (Å²) >= 11 is 0. The van der Waals surface area contributed by atoms with Gasteiger partial charge in [0, 0.05) is 18.8 Å². The van der Waals surface area contributed by atoms with Crippen LogP contribution in [0.3, 0.4) is 0 Å². The predicted octanol–water partition coefficient (Wildman–Crippen LogP) is 5.82. The molecule has 0 spiro atoms. The molecule has 2 heterocycles. The molecule has 2 amide bonds. The lowest BCUT2D eigenvalue weighted by Crippen LogP contribution is -2.38. The molecule has 36 heavy (non-hydrogen) atoms. The summed E-state index contributed by atoms with van der Waals surface area (Å²) in [6.45, 7) is 3.25. The Morgan fingerprint density at radius 2 is 1.78 bits per heavy atom. The maximum absolute atomic E-state index is 13.0. The summed E-state index contributed by atoms with van der Waals surface area (Å²) in [7, 11) is 1.62. The number of hydrogen-bond acceptors (Lipinski definition) is 4. The lowest BCUT2D eigenvalue weighted by Gasteiger charge is -2.32. The lowest BCUT2D eigenvalue weighted by atomic mass is 9.89. The molecule has 4 rings (SSSR count).